The molecule has 2 aromatic carbocycles. The van der Waals surface area contributed by atoms with Crippen LogP contribution in [0.1, 0.15) is 21.5 Å². The normalized spacial score (nSPS) is 10.9. The monoisotopic (exact) mass is 407 g/mol. The van der Waals surface area contributed by atoms with Crippen LogP contribution >= 0.6 is 0 Å². The van der Waals surface area contributed by atoms with Crippen molar-refractivity contribution in [3.05, 3.63) is 53.1 Å². The van der Waals surface area contributed by atoms with E-state index in [1.54, 1.807) is 19.9 Å². The molecule has 0 unspecified atom stereocenters. The molecule has 0 aliphatic rings. The van der Waals surface area contributed by atoms with Crippen LogP contribution in [0.3, 0.4) is 0 Å². The molecule has 0 spiro atoms. The van der Waals surface area contributed by atoms with E-state index in [-0.39, 0.29) is 17.1 Å². The highest BCUT2D eigenvalue weighted by atomic mass is 32.2. The molecule has 0 bridgehead atoms. The summed E-state index contributed by atoms with van der Waals surface area (Å²) in [5, 5.41) is 0. The standard InChI is InChI=1S/C19H21NO7S/c1-12-5-6-14(19(22)26-4)10-17(12)28(23,24)20-16-8-7-15(9-13(16)2)27-11-18(21)25-3/h5-10,20H,11H2,1-4H3. The van der Waals surface area contributed by atoms with Crippen LogP contribution in [0.2, 0.25) is 0 Å². The summed E-state index contributed by atoms with van der Waals surface area (Å²) in [7, 11) is -1.47. The number of hydrogen-bond donors (Lipinski definition) is 1. The number of aryl methyl sites for hydroxylation is 2. The summed E-state index contributed by atoms with van der Waals surface area (Å²) in [4.78, 5) is 22.8. The Labute approximate surface area is 163 Å². The molecule has 28 heavy (non-hydrogen) atoms. The van der Waals surface area contributed by atoms with Gasteiger partial charge in [-0.1, -0.05) is 6.07 Å². The molecule has 0 radical (unpaired) electrons. The zero-order valence-corrected chi connectivity index (χ0v) is 16.8. The lowest BCUT2D eigenvalue weighted by molar-refractivity contribution is -0.142. The van der Waals surface area contributed by atoms with Crippen molar-refractivity contribution >= 4 is 27.6 Å². The molecule has 8 nitrogen and oxygen atoms in total. The van der Waals surface area contributed by atoms with E-state index >= 15 is 0 Å². The number of ether oxygens (including phenoxy) is 3. The second kappa shape index (κ2) is 8.75. The van der Waals surface area contributed by atoms with Crippen molar-refractivity contribution in [3.63, 3.8) is 0 Å². The highest BCUT2D eigenvalue weighted by Crippen LogP contribution is 2.26. The van der Waals surface area contributed by atoms with Gasteiger partial charge in [0.05, 0.1) is 30.4 Å². The topological polar surface area (TPSA) is 108 Å². The molecule has 0 atom stereocenters. The van der Waals surface area contributed by atoms with Crippen molar-refractivity contribution in [2.75, 3.05) is 25.5 Å². The van der Waals surface area contributed by atoms with E-state index in [0.29, 0.717) is 22.6 Å². The third-order valence-corrected chi connectivity index (χ3v) is 5.43. The number of sulfonamides is 1. The Bertz CT molecular complexity index is 999. The second-order valence-corrected chi connectivity index (χ2v) is 7.57. The lowest BCUT2D eigenvalue weighted by Gasteiger charge is -2.14. The maximum atomic E-state index is 12.8. The summed E-state index contributed by atoms with van der Waals surface area (Å²) in [6.45, 7) is 3.08. The maximum Gasteiger partial charge on any atom is 0.343 e. The minimum Gasteiger partial charge on any atom is -0.482 e. The fourth-order valence-corrected chi connectivity index (χ4v) is 3.78. The SMILES string of the molecule is COC(=O)COc1ccc(NS(=O)(=O)c2cc(C(=O)OC)ccc2C)c(C)c1. The molecule has 0 saturated heterocycles. The van der Waals surface area contributed by atoms with E-state index in [4.69, 9.17) is 4.74 Å². The quantitative estimate of drug-likeness (QED) is 0.702. The van der Waals surface area contributed by atoms with Crippen LogP contribution in [-0.2, 0) is 24.3 Å². The van der Waals surface area contributed by atoms with E-state index in [0.717, 1.165) is 0 Å². The number of nitrogens with one attached hydrogen (secondary N) is 1. The Hall–Kier alpha value is -3.07. The average molecular weight is 407 g/mol. The number of hydrogen-bond acceptors (Lipinski definition) is 7. The van der Waals surface area contributed by atoms with Gasteiger partial charge in [0.15, 0.2) is 6.61 Å². The van der Waals surface area contributed by atoms with Crippen LogP contribution in [0.25, 0.3) is 0 Å². The van der Waals surface area contributed by atoms with Gasteiger partial charge in [-0.2, -0.15) is 0 Å². The third kappa shape index (κ3) is 5.01. The molecule has 150 valence electrons. The molecule has 2 aromatic rings. The predicted molar refractivity (Wildman–Crippen MR) is 102 cm³/mol. The van der Waals surface area contributed by atoms with E-state index in [9.17, 15) is 18.0 Å². The molecule has 0 amide bonds. The molecule has 0 aromatic heterocycles. The molecule has 0 heterocycles. The van der Waals surface area contributed by atoms with E-state index < -0.39 is 22.0 Å². The summed E-state index contributed by atoms with van der Waals surface area (Å²) < 4.78 is 42.6. The molecular weight excluding hydrogens is 386 g/mol. The largest absolute Gasteiger partial charge is 0.482 e. The zero-order valence-electron chi connectivity index (χ0n) is 15.9. The molecule has 1 N–H and O–H groups in total. The second-order valence-electron chi connectivity index (χ2n) is 5.92. The molecule has 2 rings (SSSR count). The fraction of sp³-hybridized carbons (Fsp3) is 0.263. The highest BCUT2D eigenvalue weighted by molar-refractivity contribution is 7.92. The van der Waals surface area contributed by atoms with Gasteiger partial charge in [0.1, 0.15) is 5.75 Å². The van der Waals surface area contributed by atoms with Crippen LogP contribution in [0.5, 0.6) is 5.75 Å². The van der Waals surface area contributed by atoms with Crippen LogP contribution < -0.4 is 9.46 Å². The third-order valence-electron chi connectivity index (χ3n) is 3.93. The summed E-state index contributed by atoms with van der Waals surface area (Å²) >= 11 is 0. The van der Waals surface area contributed by atoms with E-state index in [1.165, 1.54) is 44.6 Å². The summed E-state index contributed by atoms with van der Waals surface area (Å²) in [6, 6.07) is 8.96. The highest BCUT2D eigenvalue weighted by Gasteiger charge is 2.20. The minimum absolute atomic E-state index is 0.0270. The van der Waals surface area contributed by atoms with Crippen molar-refractivity contribution in [2.24, 2.45) is 0 Å². The first kappa shape index (κ1) is 21.2. The first-order valence-corrected chi connectivity index (χ1v) is 9.68. The summed E-state index contributed by atoms with van der Waals surface area (Å²) in [5.74, 6) is -0.752. The van der Waals surface area contributed by atoms with E-state index in [1.807, 2.05) is 0 Å². The number of carbonyl (C=O) groups is 2. The number of rotatable bonds is 7. The summed E-state index contributed by atoms with van der Waals surface area (Å²) in [6.07, 6.45) is 0. The average Bonchev–Trinajstić information content (AvgIpc) is 2.67. The lowest BCUT2D eigenvalue weighted by Crippen LogP contribution is -2.16. The summed E-state index contributed by atoms with van der Waals surface area (Å²) in [5.41, 5.74) is 1.55. The van der Waals surface area contributed by atoms with Crippen molar-refractivity contribution in [1.29, 1.82) is 0 Å². The molecule has 0 aliphatic carbocycles. The van der Waals surface area contributed by atoms with Crippen molar-refractivity contribution in [2.45, 2.75) is 18.7 Å². The van der Waals surface area contributed by atoms with Gasteiger partial charge in [-0.25, -0.2) is 18.0 Å². The van der Waals surface area contributed by atoms with Gasteiger partial charge in [-0.15, -0.1) is 0 Å². The van der Waals surface area contributed by atoms with Crippen LogP contribution in [0.15, 0.2) is 41.3 Å². The number of anilines is 1. The van der Waals surface area contributed by atoms with Crippen LogP contribution in [0.4, 0.5) is 5.69 Å². The first-order valence-electron chi connectivity index (χ1n) is 8.20. The molecular formula is C19H21NO7S. The maximum absolute atomic E-state index is 12.8. The Balaban J connectivity index is 2.27. The van der Waals surface area contributed by atoms with Crippen molar-refractivity contribution in [3.8, 4) is 5.75 Å². The molecule has 0 saturated carbocycles. The minimum atomic E-state index is -3.95. The Morgan fingerprint density at radius 3 is 2.29 bits per heavy atom. The van der Waals surface area contributed by atoms with Crippen LogP contribution in [0, 0.1) is 13.8 Å². The molecule has 0 fully saturated rings. The van der Waals surface area contributed by atoms with Gasteiger partial charge in [0.25, 0.3) is 10.0 Å². The smallest absolute Gasteiger partial charge is 0.343 e. The van der Waals surface area contributed by atoms with Crippen LogP contribution in [-0.4, -0.2) is 41.2 Å². The lowest BCUT2D eigenvalue weighted by atomic mass is 10.1. The van der Waals surface area contributed by atoms with Gasteiger partial charge in [0.2, 0.25) is 0 Å². The van der Waals surface area contributed by atoms with Gasteiger partial charge in [-0.05, 0) is 55.3 Å². The van der Waals surface area contributed by atoms with Gasteiger partial charge >= 0.3 is 11.9 Å². The van der Waals surface area contributed by atoms with Gasteiger partial charge < -0.3 is 14.2 Å². The number of methoxy groups -OCH3 is 2. The first-order chi connectivity index (χ1) is 13.2. The van der Waals surface area contributed by atoms with Crippen molar-refractivity contribution in [1.82, 2.24) is 0 Å². The van der Waals surface area contributed by atoms with E-state index in [2.05, 4.69) is 14.2 Å². The Kier molecular flexibility index (Phi) is 6.63. The van der Waals surface area contributed by atoms with Crippen molar-refractivity contribution < 1.29 is 32.2 Å². The fourth-order valence-electron chi connectivity index (χ4n) is 2.38. The zero-order chi connectivity index (χ0) is 20.9. The number of esters is 2. The van der Waals surface area contributed by atoms with Gasteiger partial charge in [-0.3, -0.25) is 4.72 Å². The number of benzene rings is 2. The predicted octanol–water partition coefficient (Wildman–Crippen LogP) is 2.44. The Morgan fingerprint density at radius 2 is 1.68 bits per heavy atom. The molecule has 0 aliphatic heterocycles. The Morgan fingerprint density at radius 1 is 0.964 bits per heavy atom. The number of carbonyl (C=O) groups excluding carboxylic acids is 2. The van der Waals surface area contributed by atoms with Gasteiger partial charge in [0, 0.05) is 0 Å². The molecule has 9 heteroatoms.